The van der Waals surface area contributed by atoms with Gasteiger partial charge in [0.1, 0.15) is 6.17 Å². The summed E-state index contributed by atoms with van der Waals surface area (Å²) in [4.78, 5) is 26.8. The van der Waals surface area contributed by atoms with E-state index in [9.17, 15) is 9.59 Å². The number of pyridine rings is 1. The van der Waals surface area contributed by atoms with Crippen LogP contribution in [0.15, 0.2) is 47.4 Å². The zero-order chi connectivity index (χ0) is 17.6. The lowest BCUT2D eigenvalue weighted by Crippen LogP contribution is -2.62. The summed E-state index contributed by atoms with van der Waals surface area (Å²) in [7, 11) is 3.23. The number of amides is 1. The molecule has 25 heavy (non-hydrogen) atoms. The summed E-state index contributed by atoms with van der Waals surface area (Å²) in [5.74, 6) is -0.0697. The Morgan fingerprint density at radius 3 is 2.56 bits per heavy atom. The van der Waals surface area contributed by atoms with Crippen molar-refractivity contribution in [2.45, 2.75) is 31.5 Å². The molecule has 6 nitrogen and oxygen atoms in total. The normalized spacial score (nSPS) is 22.4. The van der Waals surface area contributed by atoms with Crippen molar-refractivity contribution in [2.24, 2.45) is 0 Å². The third-order valence-electron chi connectivity index (χ3n) is 5.21. The number of benzene rings is 1. The molecule has 0 radical (unpaired) electrons. The van der Waals surface area contributed by atoms with E-state index in [-0.39, 0.29) is 29.3 Å². The molecule has 1 aromatic carbocycles. The number of hydrogen-bond donors (Lipinski definition) is 0. The Labute approximate surface area is 146 Å². The molecule has 1 fully saturated rings. The van der Waals surface area contributed by atoms with Crippen LogP contribution in [0, 0.1) is 0 Å². The minimum atomic E-state index is -0.276. The largest absolute Gasteiger partial charge is 0.491 e. The summed E-state index contributed by atoms with van der Waals surface area (Å²) in [6.45, 7) is 0. The van der Waals surface area contributed by atoms with Crippen molar-refractivity contribution in [1.82, 2.24) is 9.58 Å². The third-order valence-corrected chi connectivity index (χ3v) is 5.21. The Kier molecular flexibility index (Phi) is 3.75. The number of carbonyl (C=O) groups excluding carboxylic acids is 1. The standard InChI is InChI=1S/C19H21N3O3/c1-20-16-10-6-9-14(13-7-4-3-5-8-13)22(16)21-12-11-15(23)18(25-2)17(21)19(20)24/h3-5,7-8,11-12,14,16H,6,9-10H2,1-2H3/t14-,16-/m0/s1. The molecule has 0 unspecified atom stereocenters. The molecule has 2 aliphatic heterocycles. The Bertz CT molecular complexity index is 862. The molecule has 0 spiro atoms. The first-order valence-electron chi connectivity index (χ1n) is 8.54. The van der Waals surface area contributed by atoms with Gasteiger partial charge in [-0.1, -0.05) is 30.3 Å². The molecule has 0 N–H and O–H groups in total. The predicted molar refractivity (Wildman–Crippen MR) is 94.4 cm³/mol. The van der Waals surface area contributed by atoms with Gasteiger partial charge in [-0.05, 0) is 24.8 Å². The van der Waals surface area contributed by atoms with E-state index in [2.05, 4.69) is 17.1 Å². The SMILES string of the molecule is COc1c2n(ccc1=O)N1[C@H](c3ccccc3)CCC[C@H]1N(C)C2=O. The molecule has 4 rings (SSSR count). The Morgan fingerprint density at radius 2 is 1.84 bits per heavy atom. The number of rotatable bonds is 2. The van der Waals surface area contributed by atoms with E-state index in [4.69, 9.17) is 4.74 Å². The van der Waals surface area contributed by atoms with E-state index in [1.807, 2.05) is 22.9 Å². The van der Waals surface area contributed by atoms with Crippen molar-refractivity contribution in [2.75, 3.05) is 19.2 Å². The van der Waals surface area contributed by atoms with Crippen molar-refractivity contribution in [3.8, 4) is 5.75 Å². The van der Waals surface area contributed by atoms with Crippen LogP contribution in [0.3, 0.4) is 0 Å². The van der Waals surface area contributed by atoms with Crippen molar-refractivity contribution in [3.05, 3.63) is 64.1 Å². The molecule has 2 aliphatic rings. The Balaban J connectivity index is 1.92. The van der Waals surface area contributed by atoms with E-state index in [0.717, 1.165) is 19.3 Å². The van der Waals surface area contributed by atoms with Crippen molar-refractivity contribution < 1.29 is 9.53 Å². The number of methoxy groups -OCH3 is 1. The van der Waals surface area contributed by atoms with Gasteiger partial charge in [0, 0.05) is 19.3 Å². The molecule has 0 saturated carbocycles. The molecule has 1 aromatic heterocycles. The number of hydrogen-bond acceptors (Lipinski definition) is 4. The minimum absolute atomic E-state index is 0.0360. The molecular weight excluding hydrogens is 318 g/mol. The Hall–Kier alpha value is -2.76. The van der Waals surface area contributed by atoms with E-state index in [1.165, 1.54) is 18.7 Å². The Morgan fingerprint density at radius 1 is 1.08 bits per heavy atom. The molecule has 2 atom stereocenters. The maximum Gasteiger partial charge on any atom is 0.277 e. The van der Waals surface area contributed by atoms with Crippen molar-refractivity contribution in [3.63, 3.8) is 0 Å². The fourth-order valence-electron chi connectivity index (χ4n) is 4.02. The fourth-order valence-corrected chi connectivity index (χ4v) is 4.02. The summed E-state index contributed by atoms with van der Waals surface area (Å²) in [5.41, 5.74) is 1.23. The zero-order valence-electron chi connectivity index (χ0n) is 14.4. The molecule has 130 valence electrons. The first kappa shape index (κ1) is 15.7. The highest BCUT2D eigenvalue weighted by atomic mass is 16.5. The molecular formula is C19H21N3O3. The number of carbonyl (C=O) groups is 1. The van der Waals surface area contributed by atoms with E-state index in [0.29, 0.717) is 5.69 Å². The van der Waals surface area contributed by atoms with Gasteiger partial charge in [0.05, 0.1) is 13.2 Å². The van der Waals surface area contributed by atoms with Crippen LogP contribution in [0.25, 0.3) is 0 Å². The second-order valence-corrected chi connectivity index (χ2v) is 6.54. The highest BCUT2D eigenvalue weighted by molar-refractivity contribution is 5.96. The van der Waals surface area contributed by atoms with Gasteiger partial charge < -0.3 is 9.64 Å². The van der Waals surface area contributed by atoms with E-state index < -0.39 is 0 Å². The third kappa shape index (κ3) is 2.32. The van der Waals surface area contributed by atoms with Gasteiger partial charge in [0.2, 0.25) is 5.43 Å². The lowest BCUT2D eigenvalue weighted by Gasteiger charge is -2.51. The maximum atomic E-state index is 12.9. The molecule has 1 saturated heterocycles. The number of aromatic nitrogens is 1. The van der Waals surface area contributed by atoms with E-state index >= 15 is 0 Å². The van der Waals surface area contributed by atoms with Gasteiger partial charge in [-0.2, -0.15) is 0 Å². The summed E-state index contributed by atoms with van der Waals surface area (Å²) in [6, 6.07) is 11.9. The van der Waals surface area contributed by atoms with Crippen LogP contribution in [0.2, 0.25) is 0 Å². The highest BCUT2D eigenvalue weighted by Gasteiger charge is 2.43. The van der Waals surface area contributed by atoms with Gasteiger partial charge in [-0.3, -0.25) is 19.3 Å². The molecule has 0 bridgehead atoms. The van der Waals surface area contributed by atoms with Gasteiger partial charge in [-0.25, -0.2) is 0 Å². The average molecular weight is 339 g/mol. The molecule has 6 heteroatoms. The number of fused-ring (bicyclic) bond motifs is 3. The summed E-state index contributed by atoms with van der Waals surface area (Å²) in [5, 5.41) is 2.21. The van der Waals surface area contributed by atoms with Crippen LogP contribution < -0.4 is 15.2 Å². The van der Waals surface area contributed by atoms with Gasteiger partial charge in [0.15, 0.2) is 11.4 Å². The second kappa shape index (κ2) is 5.95. The summed E-state index contributed by atoms with van der Waals surface area (Å²) in [6.07, 6.45) is 4.60. The molecule has 2 aromatic rings. The van der Waals surface area contributed by atoms with Gasteiger partial charge >= 0.3 is 0 Å². The van der Waals surface area contributed by atoms with Crippen molar-refractivity contribution >= 4 is 5.91 Å². The first-order valence-corrected chi connectivity index (χ1v) is 8.54. The smallest absolute Gasteiger partial charge is 0.277 e. The van der Waals surface area contributed by atoms with Crippen LogP contribution in [0.4, 0.5) is 0 Å². The minimum Gasteiger partial charge on any atom is -0.491 e. The maximum absolute atomic E-state index is 12.9. The van der Waals surface area contributed by atoms with Crippen LogP contribution in [0.1, 0.15) is 41.4 Å². The van der Waals surface area contributed by atoms with Gasteiger partial charge in [0.25, 0.3) is 5.91 Å². The average Bonchev–Trinajstić information content (AvgIpc) is 2.66. The quantitative estimate of drug-likeness (QED) is 0.841. The number of ether oxygens (including phenoxy) is 1. The molecule has 0 aliphatic carbocycles. The summed E-state index contributed by atoms with van der Waals surface area (Å²) < 4.78 is 7.10. The lowest BCUT2D eigenvalue weighted by molar-refractivity contribution is 0.0552. The second-order valence-electron chi connectivity index (χ2n) is 6.54. The topological polar surface area (TPSA) is 54.8 Å². The molecule has 3 heterocycles. The van der Waals surface area contributed by atoms with Crippen LogP contribution in [-0.4, -0.2) is 35.8 Å². The predicted octanol–water partition coefficient (Wildman–Crippen LogP) is 2.13. The van der Waals surface area contributed by atoms with Crippen LogP contribution >= 0.6 is 0 Å². The summed E-state index contributed by atoms with van der Waals surface area (Å²) >= 11 is 0. The highest BCUT2D eigenvalue weighted by Crippen LogP contribution is 2.38. The zero-order valence-corrected chi connectivity index (χ0v) is 14.4. The first-order chi connectivity index (χ1) is 12.1. The van der Waals surface area contributed by atoms with Crippen molar-refractivity contribution in [1.29, 1.82) is 0 Å². The lowest BCUT2D eigenvalue weighted by atomic mass is 9.94. The molecule has 1 amide bonds. The number of nitrogens with zero attached hydrogens (tertiary/aromatic N) is 3. The van der Waals surface area contributed by atoms with Crippen LogP contribution in [-0.2, 0) is 0 Å². The van der Waals surface area contributed by atoms with E-state index in [1.54, 1.807) is 18.1 Å². The van der Waals surface area contributed by atoms with Crippen LogP contribution in [0.5, 0.6) is 5.75 Å². The number of piperidine rings is 1. The monoisotopic (exact) mass is 339 g/mol. The fraction of sp³-hybridized carbons (Fsp3) is 0.368. The van der Waals surface area contributed by atoms with Gasteiger partial charge in [-0.15, -0.1) is 0 Å².